The smallest absolute Gasteiger partial charge is 0.172 e. The van der Waals surface area contributed by atoms with Crippen LogP contribution in [0.1, 0.15) is 33.7 Å². The zero-order valence-electron chi connectivity index (χ0n) is 9.32. The fraction of sp³-hybridized carbons (Fsp3) is 0.333. The molecule has 0 unspecified atom stereocenters. The van der Waals surface area contributed by atoms with Crippen molar-refractivity contribution in [2.75, 3.05) is 0 Å². The summed E-state index contributed by atoms with van der Waals surface area (Å²) in [5.41, 5.74) is 1.53. The molecule has 2 aromatic rings. The number of carbonyl (C=O) groups excluding carboxylic acids is 1. The standard InChI is InChI=1S/C12H13NO2S/c1-3-12-10(4-5-15-12)11(14)6-9-7-16-8(2)13-9/h4-5,7H,3,6H2,1-2H3. The van der Waals surface area contributed by atoms with Crippen molar-refractivity contribution in [1.82, 2.24) is 4.98 Å². The Morgan fingerprint density at radius 3 is 3.00 bits per heavy atom. The predicted octanol–water partition coefficient (Wildman–Crippen LogP) is 3.03. The second-order valence-corrected chi connectivity index (χ2v) is 4.63. The van der Waals surface area contributed by atoms with Gasteiger partial charge in [-0.25, -0.2) is 4.98 Å². The Morgan fingerprint density at radius 1 is 1.56 bits per heavy atom. The third-order valence-electron chi connectivity index (χ3n) is 2.38. The number of aryl methyl sites for hydroxylation is 2. The van der Waals surface area contributed by atoms with Crippen molar-refractivity contribution in [3.05, 3.63) is 39.7 Å². The molecule has 2 heterocycles. The number of hydrogen-bond donors (Lipinski definition) is 0. The number of thiazole rings is 1. The summed E-state index contributed by atoms with van der Waals surface area (Å²) in [5.74, 6) is 0.841. The highest BCUT2D eigenvalue weighted by Crippen LogP contribution is 2.16. The van der Waals surface area contributed by atoms with Gasteiger partial charge in [-0.15, -0.1) is 11.3 Å². The molecule has 0 aliphatic rings. The number of rotatable bonds is 4. The van der Waals surface area contributed by atoms with Crippen molar-refractivity contribution in [3.63, 3.8) is 0 Å². The lowest BCUT2D eigenvalue weighted by atomic mass is 10.1. The summed E-state index contributed by atoms with van der Waals surface area (Å²) in [7, 11) is 0. The van der Waals surface area contributed by atoms with Crippen LogP contribution in [0.25, 0.3) is 0 Å². The SMILES string of the molecule is CCc1occc1C(=O)Cc1csc(C)n1. The zero-order chi connectivity index (χ0) is 11.5. The molecule has 0 radical (unpaired) electrons. The summed E-state index contributed by atoms with van der Waals surface area (Å²) in [4.78, 5) is 16.3. The Morgan fingerprint density at radius 2 is 2.38 bits per heavy atom. The van der Waals surface area contributed by atoms with Gasteiger partial charge < -0.3 is 4.42 Å². The van der Waals surface area contributed by atoms with Gasteiger partial charge in [-0.3, -0.25) is 4.79 Å². The van der Waals surface area contributed by atoms with Crippen LogP contribution in [-0.2, 0) is 12.8 Å². The summed E-state index contributed by atoms with van der Waals surface area (Å²) in [5, 5.41) is 2.92. The van der Waals surface area contributed by atoms with E-state index in [1.807, 2.05) is 19.2 Å². The van der Waals surface area contributed by atoms with Crippen LogP contribution >= 0.6 is 11.3 Å². The highest BCUT2D eigenvalue weighted by molar-refractivity contribution is 7.09. The fourth-order valence-electron chi connectivity index (χ4n) is 1.61. The van der Waals surface area contributed by atoms with Crippen LogP contribution in [0.4, 0.5) is 0 Å². The molecule has 3 nitrogen and oxygen atoms in total. The molecule has 84 valence electrons. The van der Waals surface area contributed by atoms with Gasteiger partial charge >= 0.3 is 0 Å². The average molecular weight is 235 g/mol. The minimum Gasteiger partial charge on any atom is -0.469 e. The molecule has 16 heavy (non-hydrogen) atoms. The Bertz CT molecular complexity index is 499. The van der Waals surface area contributed by atoms with Crippen LogP contribution in [0.2, 0.25) is 0 Å². The van der Waals surface area contributed by atoms with Crippen molar-refractivity contribution >= 4 is 17.1 Å². The van der Waals surface area contributed by atoms with E-state index in [1.54, 1.807) is 23.7 Å². The zero-order valence-corrected chi connectivity index (χ0v) is 10.1. The Hall–Kier alpha value is -1.42. The molecule has 0 fully saturated rings. The van der Waals surface area contributed by atoms with Crippen LogP contribution < -0.4 is 0 Å². The fourth-order valence-corrected chi connectivity index (χ4v) is 2.22. The van der Waals surface area contributed by atoms with Gasteiger partial charge in [0.2, 0.25) is 0 Å². The first-order valence-corrected chi connectivity index (χ1v) is 6.09. The van der Waals surface area contributed by atoms with Gasteiger partial charge in [0, 0.05) is 11.8 Å². The molecule has 0 N–H and O–H groups in total. The first-order chi connectivity index (χ1) is 7.70. The topological polar surface area (TPSA) is 43.1 Å². The molecule has 2 aromatic heterocycles. The van der Waals surface area contributed by atoms with Gasteiger partial charge in [-0.2, -0.15) is 0 Å². The molecule has 0 bridgehead atoms. The van der Waals surface area contributed by atoms with Gasteiger partial charge in [0.1, 0.15) is 5.76 Å². The molecule has 0 aliphatic carbocycles. The number of ketones is 1. The van der Waals surface area contributed by atoms with E-state index in [4.69, 9.17) is 4.42 Å². The van der Waals surface area contributed by atoms with E-state index >= 15 is 0 Å². The number of furan rings is 1. The van der Waals surface area contributed by atoms with Crippen LogP contribution in [0.3, 0.4) is 0 Å². The van der Waals surface area contributed by atoms with E-state index in [-0.39, 0.29) is 5.78 Å². The first kappa shape index (κ1) is 11.1. The molecule has 0 amide bonds. The summed E-state index contributed by atoms with van der Waals surface area (Å²) < 4.78 is 5.24. The quantitative estimate of drug-likeness (QED) is 0.765. The summed E-state index contributed by atoms with van der Waals surface area (Å²) in [6.45, 7) is 3.91. The van der Waals surface area contributed by atoms with Crippen molar-refractivity contribution in [3.8, 4) is 0 Å². The second-order valence-electron chi connectivity index (χ2n) is 3.57. The average Bonchev–Trinajstić information content (AvgIpc) is 2.86. The maximum atomic E-state index is 12.0. The summed E-state index contributed by atoms with van der Waals surface area (Å²) in [6, 6.07) is 1.74. The van der Waals surface area contributed by atoms with Crippen LogP contribution in [0, 0.1) is 6.92 Å². The van der Waals surface area contributed by atoms with E-state index in [1.165, 1.54) is 0 Å². The Labute approximate surface area is 98.1 Å². The lowest BCUT2D eigenvalue weighted by molar-refractivity contribution is 0.0990. The van der Waals surface area contributed by atoms with Crippen LogP contribution in [-0.4, -0.2) is 10.8 Å². The lowest BCUT2D eigenvalue weighted by Gasteiger charge is -1.97. The highest BCUT2D eigenvalue weighted by Gasteiger charge is 2.14. The predicted molar refractivity (Wildman–Crippen MR) is 63.0 cm³/mol. The molecular formula is C12H13NO2S. The van der Waals surface area contributed by atoms with Crippen molar-refractivity contribution < 1.29 is 9.21 Å². The number of hydrogen-bond acceptors (Lipinski definition) is 4. The monoisotopic (exact) mass is 235 g/mol. The van der Waals surface area contributed by atoms with Gasteiger partial charge in [0.05, 0.1) is 28.9 Å². The van der Waals surface area contributed by atoms with E-state index < -0.39 is 0 Å². The Kier molecular flexibility index (Phi) is 3.19. The first-order valence-electron chi connectivity index (χ1n) is 5.21. The Balaban J connectivity index is 2.14. The molecule has 4 heteroatoms. The summed E-state index contributed by atoms with van der Waals surface area (Å²) in [6.07, 6.45) is 2.67. The molecule has 0 spiro atoms. The largest absolute Gasteiger partial charge is 0.469 e. The second kappa shape index (κ2) is 4.61. The third kappa shape index (κ3) is 2.22. The number of nitrogens with zero attached hydrogens (tertiary/aromatic N) is 1. The van der Waals surface area contributed by atoms with Crippen molar-refractivity contribution in [1.29, 1.82) is 0 Å². The van der Waals surface area contributed by atoms with Crippen LogP contribution in [0.5, 0.6) is 0 Å². The van der Waals surface area contributed by atoms with E-state index in [9.17, 15) is 4.79 Å². The molecular weight excluding hydrogens is 222 g/mol. The maximum absolute atomic E-state index is 12.0. The van der Waals surface area contributed by atoms with Gasteiger partial charge in [0.25, 0.3) is 0 Å². The van der Waals surface area contributed by atoms with Crippen molar-refractivity contribution in [2.24, 2.45) is 0 Å². The third-order valence-corrected chi connectivity index (χ3v) is 3.20. The normalized spacial score (nSPS) is 10.6. The van der Waals surface area contributed by atoms with Gasteiger partial charge in [-0.05, 0) is 13.0 Å². The minimum atomic E-state index is 0.0795. The van der Waals surface area contributed by atoms with E-state index in [0.717, 1.165) is 22.9 Å². The molecule has 0 saturated carbocycles. The molecule has 0 saturated heterocycles. The highest BCUT2D eigenvalue weighted by atomic mass is 32.1. The van der Waals surface area contributed by atoms with Gasteiger partial charge in [0.15, 0.2) is 5.78 Å². The summed E-state index contributed by atoms with van der Waals surface area (Å²) >= 11 is 1.57. The number of Topliss-reactive ketones (excluding diaryl/α,β-unsaturated/α-hetero) is 1. The minimum absolute atomic E-state index is 0.0795. The lowest BCUT2D eigenvalue weighted by Crippen LogP contribution is -2.05. The van der Waals surface area contributed by atoms with E-state index in [2.05, 4.69) is 4.98 Å². The van der Waals surface area contributed by atoms with Crippen molar-refractivity contribution in [2.45, 2.75) is 26.7 Å². The van der Waals surface area contributed by atoms with Gasteiger partial charge in [-0.1, -0.05) is 6.92 Å². The maximum Gasteiger partial charge on any atom is 0.172 e. The number of aromatic nitrogens is 1. The molecule has 2 rings (SSSR count). The number of carbonyl (C=O) groups is 1. The molecule has 0 aliphatic heterocycles. The van der Waals surface area contributed by atoms with Crippen LogP contribution in [0.15, 0.2) is 22.1 Å². The molecule has 0 atom stereocenters. The van der Waals surface area contributed by atoms with E-state index in [0.29, 0.717) is 12.0 Å². The molecule has 0 aromatic carbocycles.